The van der Waals surface area contributed by atoms with Crippen molar-refractivity contribution in [1.29, 1.82) is 0 Å². The van der Waals surface area contributed by atoms with Gasteiger partial charge in [-0.15, -0.1) is 0 Å². The van der Waals surface area contributed by atoms with Crippen molar-refractivity contribution >= 4 is 39.6 Å². The van der Waals surface area contributed by atoms with E-state index in [4.69, 9.17) is 15.5 Å². The minimum Gasteiger partial charge on any atom is -0.463 e. The molecule has 0 unspecified atom stereocenters. The molecule has 1 amide bonds. The molecule has 206 valence electrons. The molecule has 3 heterocycles. The van der Waals surface area contributed by atoms with Crippen molar-refractivity contribution in [3.8, 4) is 0 Å². The summed E-state index contributed by atoms with van der Waals surface area (Å²) in [6.45, 7) is 14.8. The number of aromatic nitrogens is 2. The largest absolute Gasteiger partial charge is 0.463 e. The molecule has 0 saturated carbocycles. The highest BCUT2D eigenvalue weighted by Gasteiger charge is 2.40. The molecule has 1 saturated heterocycles. The lowest BCUT2D eigenvalue weighted by Gasteiger charge is -2.35. The van der Waals surface area contributed by atoms with Crippen LogP contribution in [0, 0.1) is 5.92 Å². The van der Waals surface area contributed by atoms with E-state index in [1.165, 1.54) is 30.4 Å². The number of esters is 1. The van der Waals surface area contributed by atoms with Gasteiger partial charge in [-0.3, -0.25) is 4.79 Å². The van der Waals surface area contributed by atoms with Crippen LogP contribution in [0.25, 0.3) is 6.08 Å². The molecule has 0 spiro atoms. The van der Waals surface area contributed by atoms with Crippen LogP contribution in [0.1, 0.15) is 76.5 Å². The molecule has 1 fully saturated rings. The molecule has 1 atom stereocenters. The molecule has 3 rings (SSSR count). The Morgan fingerprint density at radius 1 is 1.26 bits per heavy atom. The van der Waals surface area contributed by atoms with Crippen molar-refractivity contribution in [3.63, 3.8) is 0 Å². The fraction of sp³-hybridized carbons (Fsp3) is 0.481. The molecule has 0 aliphatic carbocycles. The number of sulfonamides is 1. The van der Waals surface area contributed by atoms with Crippen LogP contribution in [0.4, 0.5) is 11.6 Å². The second-order valence-corrected chi connectivity index (χ2v) is 12.8. The molecule has 38 heavy (non-hydrogen) atoms. The molecule has 0 radical (unpaired) electrons. The van der Waals surface area contributed by atoms with E-state index >= 15 is 0 Å². The van der Waals surface area contributed by atoms with E-state index in [0.717, 1.165) is 6.42 Å². The molecule has 0 bridgehead atoms. The zero-order valence-electron chi connectivity index (χ0n) is 23.0. The van der Waals surface area contributed by atoms with Crippen molar-refractivity contribution in [2.75, 3.05) is 23.8 Å². The van der Waals surface area contributed by atoms with Crippen molar-refractivity contribution in [3.05, 3.63) is 47.2 Å². The van der Waals surface area contributed by atoms with Crippen molar-refractivity contribution in [1.82, 2.24) is 14.7 Å². The Hall–Kier alpha value is -3.47. The number of anilines is 2. The Balaban J connectivity index is 2.20. The topological polar surface area (TPSA) is 145 Å². The van der Waals surface area contributed by atoms with Crippen LogP contribution in [0.3, 0.4) is 0 Å². The van der Waals surface area contributed by atoms with E-state index in [0.29, 0.717) is 29.5 Å². The normalized spacial score (nSPS) is 17.6. The number of rotatable bonds is 7. The van der Waals surface area contributed by atoms with Gasteiger partial charge in [-0.2, -0.15) is 8.42 Å². The van der Waals surface area contributed by atoms with Crippen LogP contribution in [-0.4, -0.2) is 49.0 Å². The maximum Gasteiger partial charge on any atom is 0.330 e. The van der Waals surface area contributed by atoms with E-state index in [1.807, 2.05) is 25.7 Å². The van der Waals surface area contributed by atoms with Crippen LogP contribution >= 0.6 is 0 Å². The summed E-state index contributed by atoms with van der Waals surface area (Å²) in [5.41, 5.74) is 6.10. The van der Waals surface area contributed by atoms with Crippen molar-refractivity contribution < 1.29 is 22.7 Å². The van der Waals surface area contributed by atoms with E-state index < -0.39 is 27.3 Å². The number of nitrogens with two attached hydrogens (primary N) is 1. The lowest BCUT2D eigenvalue weighted by atomic mass is 9.87. The maximum atomic E-state index is 13.6. The van der Waals surface area contributed by atoms with Crippen LogP contribution in [-0.2, 0) is 25.0 Å². The Morgan fingerprint density at radius 3 is 2.50 bits per heavy atom. The third-order valence-corrected chi connectivity index (χ3v) is 7.48. The number of amides is 1. The second-order valence-electron chi connectivity index (χ2n) is 11.2. The van der Waals surface area contributed by atoms with E-state index in [2.05, 4.69) is 30.5 Å². The SMILES string of the molecule is CCOC(=O)/C=C/c1cc(C(=O)NS(=O)(=O)c2cccc(N)n2)c(N2C[C@@H](C)CC2(C)C)nc1C(C)(C)C. The molecule has 0 aromatic carbocycles. The third-order valence-electron chi connectivity index (χ3n) is 6.25. The average Bonchev–Trinajstić information content (AvgIpc) is 3.08. The summed E-state index contributed by atoms with van der Waals surface area (Å²) in [5.74, 6) is -0.669. The van der Waals surface area contributed by atoms with Gasteiger partial charge in [0.1, 0.15) is 11.6 Å². The quantitative estimate of drug-likeness (QED) is 0.395. The molecular weight excluding hydrogens is 506 g/mol. The highest BCUT2D eigenvalue weighted by Crippen LogP contribution is 2.39. The number of pyridine rings is 2. The Bertz CT molecular complexity index is 1360. The average molecular weight is 544 g/mol. The molecule has 3 N–H and O–H groups in total. The van der Waals surface area contributed by atoms with Gasteiger partial charge >= 0.3 is 5.97 Å². The predicted molar refractivity (Wildman–Crippen MR) is 147 cm³/mol. The number of nitrogen functional groups attached to an aromatic ring is 1. The van der Waals surface area contributed by atoms with Crippen molar-refractivity contribution in [2.45, 2.75) is 70.9 Å². The first-order chi connectivity index (χ1) is 17.5. The summed E-state index contributed by atoms with van der Waals surface area (Å²) in [6, 6.07) is 5.73. The number of nitrogens with one attached hydrogen (secondary N) is 1. The Labute approximate surface area is 224 Å². The van der Waals surface area contributed by atoms with Crippen LogP contribution < -0.4 is 15.4 Å². The third kappa shape index (κ3) is 6.50. The van der Waals surface area contributed by atoms with Gasteiger partial charge in [0.2, 0.25) is 0 Å². The number of ether oxygens (including phenoxy) is 1. The molecular formula is C27H37N5O5S. The Kier molecular flexibility index (Phi) is 8.21. The zero-order valence-corrected chi connectivity index (χ0v) is 23.8. The fourth-order valence-corrected chi connectivity index (χ4v) is 5.68. The van der Waals surface area contributed by atoms with E-state index in [9.17, 15) is 18.0 Å². The lowest BCUT2D eigenvalue weighted by Crippen LogP contribution is -2.41. The molecule has 1 aliphatic rings. The first-order valence-corrected chi connectivity index (χ1v) is 14.0. The van der Waals surface area contributed by atoms with Gasteiger partial charge < -0.3 is 15.4 Å². The van der Waals surface area contributed by atoms with Crippen LogP contribution in [0.2, 0.25) is 0 Å². The van der Waals surface area contributed by atoms with Gasteiger partial charge in [0.05, 0.1) is 17.9 Å². The van der Waals surface area contributed by atoms with Gasteiger partial charge in [0.25, 0.3) is 15.9 Å². The highest BCUT2D eigenvalue weighted by atomic mass is 32.2. The number of hydrogen-bond donors (Lipinski definition) is 2. The summed E-state index contributed by atoms with van der Waals surface area (Å²) in [5, 5.41) is -0.371. The van der Waals surface area contributed by atoms with Gasteiger partial charge in [0.15, 0.2) is 5.03 Å². The number of carbonyl (C=O) groups excluding carboxylic acids is 2. The number of carbonyl (C=O) groups is 2. The summed E-state index contributed by atoms with van der Waals surface area (Å²) in [6.07, 6.45) is 3.68. The van der Waals surface area contributed by atoms with E-state index in [1.54, 1.807) is 13.0 Å². The van der Waals surface area contributed by atoms with Crippen LogP contribution in [0.5, 0.6) is 0 Å². The predicted octanol–water partition coefficient (Wildman–Crippen LogP) is 3.68. The summed E-state index contributed by atoms with van der Waals surface area (Å²) >= 11 is 0. The van der Waals surface area contributed by atoms with Crippen molar-refractivity contribution in [2.24, 2.45) is 5.92 Å². The molecule has 10 nitrogen and oxygen atoms in total. The number of nitrogens with zero attached hydrogens (tertiary/aromatic N) is 3. The fourth-order valence-electron chi connectivity index (χ4n) is 4.74. The molecule has 2 aromatic heterocycles. The standard InChI is InChI=1S/C27H37N5O5S/c1-8-37-22(33)13-12-18-14-19(25(34)31-38(35,36)21-11-9-10-20(28)29-21)24(30-23(18)26(3,4)5)32-16-17(2)15-27(32,6)7/h9-14,17H,8,15-16H2,1-7H3,(H2,28,29)(H,31,34)/b13-12+/t17-/m0/s1. The molecule has 2 aromatic rings. The highest BCUT2D eigenvalue weighted by molar-refractivity contribution is 7.90. The van der Waals surface area contributed by atoms with Gasteiger partial charge in [0, 0.05) is 23.6 Å². The monoisotopic (exact) mass is 543 g/mol. The molecule has 1 aliphatic heterocycles. The smallest absolute Gasteiger partial charge is 0.330 e. The van der Waals surface area contributed by atoms with E-state index in [-0.39, 0.29) is 28.6 Å². The number of hydrogen-bond acceptors (Lipinski definition) is 9. The van der Waals surface area contributed by atoms with Gasteiger partial charge in [-0.05, 0) is 62.9 Å². The zero-order chi connectivity index (χ0) is 28.5. The maximum absolute atomic E-state index is 13.6. The second kappa shape index (κ2) is 10.7. The minimum atomic E-state index is -4.32. The van der Waals surface area contributed by atoms with Gasteiger partial charge in [-0.25, -0.2) is 19.5 Å². The summed E-state index contributed by atoms with van der Waals surface area (Å²) in [4.78, 5) is 36.5. The summed E-state index contributed by atoms with van der Waals surface area (Å²) in [7, 11) is -4.32. The minimum absolute atomic E-state index is 0.0106. The van der Waals surface area contributed by atoms with Gasteiger partial charge in [-0.1, -0.05) is 33.8 Å². The lowest BCUT2D eigenvalue weighted by molar-refractivity contribution is -0.137. The first kappa shape index (κ1) is 29.1. The summed E-state index contributed by atoms with van der Waals surface area (Å²) < 4.78 is 33.2. The Morgan fingerprint density at radius 2 is 1.95 bits per heavy atom. The molecule has 11 heteroatoms. The first-order valence-electron chi connectivity index (χ1n) is 12.5. The van der Waals surface area contributed by atoms with Crippen LogP contribution in [0.15, 0.2) is 35.4 Å².